The highest BCUT2D eigenvalue weighted by Gasteiger charge is 2.04. The Morgan fingerprint density at radius 3 is 2.73 bits per heavy atom. The molecule has 4 heteroatoms. The number of fused-ring (bicyclic) bond motifs is 1. The summed E-state index contributed by atoms with van der Waals surface area (Å²) >= 11 is 0. The monoisotopic (exact) mass is 294 g/mol. The van der Waals surface area contributed by atoms with Crippen LogP contribution in [-0.4, -0.2) is 17.4 Å². The molecule has 1 aromatic heterocycles. The van der Waals surface area contributed by atoms with Crippen molar-refractivity contribution in [1.82, 2.24) is 10.3 Å². The highest BCUT2D eigenvalue weighted by molar-refractivity contribution is 5.78. The average Bonchev–Trinajstić information content (AvgIpc) is 2.97. The number of rotatable bonds is 5. The maximum atomic E-state index is 11.9. The van der Waals surface area contributed by atoms with Crippen LogP contribution in [0.25, 0.3) is 11.1 Å². The predicted octanol–water partition coefficient (Wildman–Crippen LogP) is 3.04. The lowest BCUT2D eigenvalue weighted by Crippen LogP contribution is -2.27. The van der Waals surface area contributed by atoms with Crippen molar-refractivity contribution in [1.29, 1.82) is 0 Å². The van der Waals surface area contributed by atoms with Gasteiger partial charge in [-0.25, -0.2) is 4.98 Å². The molecule has 1 heterocycles. The summed E-state index contributed by atoms with van der Waals surface area (Å²) in [6.07, 6.45) is 2.64. The van der Waals surface area contributed by atoms with Crippen molar-refractivity contribution in [2.45, 2.75) is 19.8 Å². The van der Waals surface area contributed by atoms with Crippen LogP contribution in [-0.2, 0) is 17.6 Å². The fourth-order valence-corrected chi connectivity index (χ4v) is 2.36. The maximum absolute atomic E-state index is 11.9. The summed E-state index contributed by atoms with van der Waals surface area (Å²) in [7, 11) is 0. The Morgan fingerprint density at radius 2 is 1.91 bits per heavy atom. The summed E-state index contributed by atoms with van der Waals surface area (Å²) in [6, 6.07) is 13.9. The van der Waals surface area contributed by atoms with E-state index in [9.17, 15) is 4.79 Å². The molecule has 0 atom stereocenters. The summed E-state index contributed by atoms with van der Waals surface area (Å²) in [4.78, 5) is 16.1. The lowest BCUT2D eigenvalue weighted by atomic mass is 10.1. The van der Waals surface area contributed by atoms with Crippen LogP contribution in [0.3, 0.4) is 0 Å². The van der Waals surface area contributed by atoms with E-state index in [0.29, 0.717) is 13.0 Å². The van der Waals surface area contributed by atoms with Crippen LogP contribution in [0.2, 0.25) is 0 Å². The summed E-state index contributed by atoms with van der Waals surface area (Å²) in [5.41, 5.74) is 5.01. The quantitative estimate of drug-likeness (QED) is 0.787. The van der Waals surface area contributed by atoms with Crippen molar-refractivity contribution in [3.63, 3.8) is 0 Å². The Bertz CT molecular complexity index is 775. The third-order valence-electron chi connectivity index (χ3n) is 3.62. The Hall–Kier alpha value is -2.62. The van der Waals surface area contributed by atoms with Gasteiger partial charge in [-0.3, -0.25) is 4.79 Å². The van der Waals surface area contributed by atoms with Gasteiger partial charge in [0.1, 0.15) is 5.52 Å². The van der Waals surface area contributed by atoms with E-state index >= 15 is 0 Å². The number of amides is 1. The first kappa shape index (κ1) is 14.3. The molecular formula is C18H18N2O2. The minimum Gasteiger partial charge on any atom is -0.443 e. The van der Waals surface area contributed by atoms with Gasteiger partial charge >= 0.3 is 0 Å². The van der Waals surface area contributed by atoms with Crippen LogP contribution in [0, 0.1) is 6.92 Å². The Kier molecular flexibility index (Phi) is 4.19. The molecule has 4 nitrogen and oxygen atoms in total. The van der Waals surface area contributed by atoms with Crippen molar-refractivity contribution < 1.29 is 9.21 Å². The molecule has 2 aromatic carbocycles. The number of nitrogens with one attached hydrogen (secondary N) is 1. The van der Waals surface area contributed by atoms with E-state index in [1.165, 1.54) is 12.0 Å². The summed E-state index contributed by atoms with van der Waals surface area (Å²) in [5.74, 6) is 0.0476. The van der Waals surface area contributed by atoms with Crippen molar-refractivity contribution in [3.8, 4) is 0 Å². The lowest BCUT2D eigenvalue weighted by Gasteiger charge is -2.06. The summed E-state index contributed by atoms with van der Waals surface area (Å²) in [5, 5.41) is 2.95. The molecule has 1 amide bonds. The largest absolute Gasteiger partial charge is 0.443 e. The number of hydrogen-bond donors (Lipinski definition) is 1. The third kappa shape index (κ3) is 3.52. The Labute approximate surface area is 129 Å². The zero-order chi connectivity index (χ0) is 15.4. The van der Waals surface area contributed by atoms with Gasteiger partial charge in [-0.2, -0.15) is 0 Å². The van der Waals surface area contributed by atoms with Gasteiger partial charge in [-0.1, -0.05) is 35.9 Å². The lowest BCUT2D eigenvalue weighted by molar-refractivity contribution is -0.120. The first-order chi connectivity index (χ1) is 10.7. The second-order valence-corrected chi connectivity index (χ2v) is 5.42. The topological polar surface area (TPSA) is 55.1 Å². The van der Waals surface area contributed by atoms with Crippen LogP contribution in [0.4, 0.5) is 0 Å². The standard InChI is InChI=1S/C18H18N2O2/c1-13-2-4-14(5-3-13)11-18(21)19-9-8-15-6-7-17-16(10-15)20-12-22-17/h2-7,10,12H,8-9,11H2,1H3,(H,19,21). The minimum atomic E-state index is 0.0476. The van der Waals surface area contributed by atoms with E-state index in [4.69, 9.17) is 4.42 Å². The van der Waals surface area contributed by atoms with E-state index < -0.39 is 0 Å². The average molecular weight is 294 g/mol. The van der Waals surface area contributed by atoms with Gasteiger partial charge in [0.05, 0.1) is 6.42 Å². The number of carbonyl (C=O) groups excluding carboxylic acids is 1. The molecule has 0 unspecified atom stereocenters. The van der Waals surface area contributed by atoms with Crippen LogP contribution >= 0.6 is 0 Å². The third-order valence-corrected chi connectivity index (χ3v) is 3.62. The SMILES string of the molecule is Cc1ccc(CC(=O)NCCc2ccc3ocnc3c2)cc1. The number of benzene rings is 2. The smallest absolute Gasteiger partial charge is 0.224 e. The minimum absolute atomic E-state index is 0.0476. The molecule has 0 aliphatic carbocycles. The van der Waals surface area contributed by atoms with Gasteiger partial charge < -0.3 is 9.73 Å². The van der Waals surface area contributed by atoms with E-state index in [1.807, 2.05) is 49.4 Å². The normalized spacial score (nSPS) is 10.8. The van der Waals surface area contributed by atoms with Crippen LogP contribution in [0.15, 0.2) is 53.3 Å². The van der Waals surface area contributed by atoms with E-state index in [2.05, 4.69) is 10.3 Å². The second kappa shape index (κ2) is 6.43. The molecule has 112 valence electrons. The van der Waals surface area contributed by atoms with Crippen molar-refractivity contribution >= 4 is 17.0 Å². The Morgan fingerprint density at radius 1 is 1.14 bits per heavy atom. The molecule has 0 aliphatic heterocycles. The molecule has 22 heavy (non-hydrogen) atoms. The summed E-state index contributed by atoms with van der Waals surface area (Å²) in [6.45, 7) is 2.66. The zero-order valence-electron chi connectivity index (χ0n) is 12.5. The number of oxazole rings is 1. The fourth-order valence-electron chi connectivity index (χ4n) is 2.36. The van der Waals surface area contributed by atoms with Gasteiger partial charge in [0.2, 0.25) is 5.91 Å². The number of hydrogen-bond acceptors (Lipinski definition) is 3. The molecule has 0 fully saturated rings. The Balaban J connectivity index is 1.49. The van der Waals surface area contributed by atoms with Crippen LogP contribution < -0.4 is 5.32 Å². The van der Waals surface area contributed by atoms with E-state index in [0.717, 1.165) is 28.6 Å². The van der Waals surface area contributed by atoms with Gasteiger partial charge in [-0.15, -0.1) is 0 Å². The molecule has 0 saturated heterocycles. The molecule has 0 radical (unpaired) electrons. The second-order valence-electron chi connectivity index (χ2n) is 5.42. The van der Waals surface area contributed by atoms with Gasteiger partial charge in [-0.05, 0) is 36.6 Å². The van der Waals surface area contributed by atoms with Crippen molar-refractivity contribution in [2.75, 3.05) is 6.54 Å². The summed E-state index contributed by atoms with van der Waals surface area (Å²) < 4.78 is 5.21. The van der Waals surface area contributed by atoms with Crippen LogP contribution in [0.1, 0.15) is 16.7 Å². The van der Waals surface area contributed by atoms with E-state index in [1.54, 1.807) is 0 Å². The van der Waals surface area contributed by atoms with Crippen molar-refractivity contribution in [3.05, 3.63) is 65.5 Å². The number of aromatic nitrogens is 1. The molecule has 0 aliphatic rings. The number of carbonyl (C=O) groups is 1. The molecule has 0 bridgehead atoms. The van der Waals surface area contributed by atoms with Gasteiger partial charge in [0.15, 0.2) is 12.0 Å². The number of nitrogens with zero attached hydrogens (tertiary/aromatic N) is 1. The number of aryl methyl sites for hydroxylation is 1. The predicted molar refractivity (Wildman–Crippen MR) is 85.6 cm³/mol. The first-order valence-electron chi connectivity index (χ1n) is 7.35. The van der Waals surface area contributed by atoms with E-state index in [-0.39, 0.29) is 5.91 Å². The zero-order valence-corrected chi connectivity index (χ0v) is 12.5. The molecule has 3 rings (SSSR count). The van der Waals surface area contributed by atoms with Gasteiger partial charge in [0.25, 0.3) is 0 Å². The molecular weight excluding hydrogens is 276 g/mol. The van der Waals surface area contributed by atoms with Crippen LogP contribution in [0.5, 0.6) is 0 Å². The first-order valence-corrected chi connectivity index (χ1v) is 7.35. The molecule has 0 spiro atoms. The molecule has 1 N–H and O–H groups in total. The highest BCUT2D eigenvalue weighted by Crippen LogP contribution is 2.14. The van der Waals surface area contributed by atoms with Crippen molar-refractivity contribution in [2.24, 2.45) is 0 Å². The maximum Gasteiger partial charge on any atom is 0.224 e. The molecule has 3 aromatic rings. The molecule has 0 saturated carbocycles. The fraction of sp³-hybridized carbons (Fsp3) is 0.222. The highest BCUT2D eigenvalue weighted by atomic mass is 16.3. The van der Waals surface area contributed by atoms with Gasteiger partial charge in [0, 0.05) is 6.54 Å².